The summed E-state index contributed by atoms with van der Waals surface area (Å²) in [5, 5.41) is 11.4. The highest BCUT2D eigenvalue weighted by atomic mass is 19.4. The molecule has 1 aliphatic rings. The third-order valence-corrected chi connectivity index (χ3v) is 6.74. The fraction of sp³-hybridized carbons (Fsp3) is 0.542. The molecule has 4 rings (SSSR count). The van der Waals surface area contributed by atoms with Crippen LogP contribution >= 0.6 is 0 Å². The number of halogens is 6. The van der Waals surface area contributed by atoms with E-state index in [0.29, 0.717) is 16.6 Å². The SMILES string of the molecule is COC[C@H](c1ccc2nc([C@H](COC(C)(C)C(F)(F)F)NC(=O)c3nonc3C)[nH]c2c1)N1C[C@@H](C(F)(F)F)NC1=O. The molecule has 1 saturated heterocycles. The first-order chi connectivity index (χ1) is 19.5. The molecule has 42 heavy (non-hydrogen) atoms. The Morgan fingerprint density at radius 1 is 1.19 bits per heavy atom. The number of benzene rings is 1. The number of carbonyl (C=O) groups is 2. The predicted octanol–water partition coefficient (Wildman–Crippen LogP) is 3.73. The topological polar surface area (TPSA) is 147 Å². The Bertz CT molecular complexity index is 1440. The van der Waals surface area contributed by atoms with Crippen LogP contribution in [0.1, 0.15) is 53.5 Å². The lowest BCUT2D eigenvalue weighted by Crippen LogP contribution is -2.44. The van der Waals surface area contributed by atoms with E-state index in [9.17, 15) is 35.9 Å². The standard InChI is InChI=1S/C24H27F6N7O5/c1-11-18(36-42-35-11)20(38)33-15(9-41-22(2,3)24(28,29)30)19-31-13-6-5-12(7-14(13)32-19)16(10-40-4)37-8-17(23(25,26)27)34-21(37)39/h5-7,15-17H,8-10H2,1-4H3,(H,31,32)(H,33,38)(H,34,39)/t15-,16+,17-/m0/s1. The number of H-pyrrole nitrogens is 1. The highest BCUT2D eigenvalue weighted by Crippen LogP contribution is 2.34. The number of hydrogen-bond donors (Lipinski definition) is 3. The average molecular weight is 608 g/mol. The van der Waals surface area contributed by atoms with Crippen LogP contribution in [0.15, 0.2) is 22.8 Å². The number of ether oxygens (including phenoxy) is 2. The number of aromatic amines is 1. The van der Waals surface area contributed by atoms with Crippen molar-refractivity contribution >= 4 is 23.0 Å². The van der Waals surface area contributed by atoms with Crippen molar-refractivity contribution in [2.75, 3.05) is 26.9 Å². The number of aryl methyl sites for hydroxylation is 1. The average Bonchev–Trinajstić information content (AvgIpc) is 3.61. The summed E-state index contributed by atoms with van der Waals surface area (Å²) in [6, 6.07) is -0.560. The van der Waals surface area contributed by atoms with Crippen LogP contribution < -0.4 is 10.6 Å². The summed E-state index contributed by atoms with van der Waals surface area (Å²) in [6.07, 6.45) is -9.37. The van der Waals surface area contributed by atoms with Crippen LogP contribution in [0.5, 0.6) is 0 Å². The van der Waals surface area contributed by atoms with Crippen molar-refractivity contribution in [2.45, 2.75) is 56.9 Å². The number of methoxy groups -OCH3 is 1. The van der Waals surface area contributed by atoms with E-state index < -0.39 is 61.2 Å². The van der Waals surface area contributed by atoms with E-state index in [0.717, 1.165) is 18.7 Å². The molecule has 0 radical (unpaired) electrons. The first kappa shape index (κ1) is 31.0. The molecule has 3 N–H and O–H groups in total. The summed E-state index contributed by atoms with van der Waals surface area (Å²) in [7, 11) is 1.33. The number of hydrogen-bond acceptors (Lipinski definition) is 8. The number of fused-ring (bicyclic) bond motifs is 1. The van der Waals surface area contributed by atoms with E-state index in [4.69, 9.17) is 9.47 Å². The van der Waals surface area contributed by atoms with E-state index in [1.807, 2.05) is 5.32 Å². The molecule has 0 aliphatic carbocycles. The summed E-state index contributed by atoms with van der Waals surface area (Å²) in [5.41, 5.74) is -1.59. The maximum atomic E-state index is 13.4. The third-order valence-electron chi connectivity index (χ3n) is 6.74. The molecule has 0 spiro atoms. The van der Waals surface area contributed by atoms with Crippen molar-refractivity contribution in [2.24, 2.45) is 0 Å². The molecule has 1 aromatic carbocycles. The van der Waals surface area contributed by atoms with Gasteiger partial charge >= 0.3 is 18.4 Å². The molecule has 0 saturated carbocycles. The molecule has 0 bridgehead atoms. The lowest BCUT2D eigenvalue weighted by molar-refractivity contribution is -0.265. The van der Waals surface area contributed by atoms with Gasteiger partial charge in [0.2, 0.25) is 0 Å². The van der Waals surface area contributed by atoms with Crippen molar-refractivity contribution in [3.8, 4) is 0 Å². The quantitative estimate of drug-likeness (QED) is 0.296. The zero-order valence-corrected chi connectivity index (χ0v) is 22.7. The summed E-state index contributed by atoms with van der Waals surface area (Å²) >= 11 is 0. The van der Waals surface area contributed by atoms with Crippen LogP contribution in [-0.4, -0.2) is 88.0 Å². The number of amides is 3. The van der Waals surface area contributed by atoms with E-state index in [-0.39, 0.29) is 23.8 Å². The number of urea groups is 1. The molecular formula is C24H27F6N7O5. The zero-order chi connectivity index (χ0) is 31.0. The van der Waals surface area contributed by atoms with Gasteiger partial charge in [0.05, 0.1) is 36.8 Å². The Morgan fingerprint density at radius 3 is 2.48 bits per heavy atom. The normalized spacial score (nSPS) is 17.9. The van der Waals surface area contributed by atoms with Crippen LogP contribution in [0.25, 0.3) is 11.0 Å². The van der Waals surface area contributed by atoms with E-state index in [2.05, 4.69) is 30.2 Å². The monoisotopic (exact) mass is 607 g/mol. The van der Waals surface area contributed by atoms with Gasteiger partial charge in [-0.05, 0) is 43.6 Å². The fourth-order valence-electron chi connectivity index (χ4n) is 4.18. The van der Waals surface area contributed by atoms with Gasteiger partial charge in [0.25, 0.3) is 5.91 Å². The van der Waals surface area contributed by atoms with Crippen molar-refractivity contribution in [1.29, 1.82) is 0 Å². The first-order valence-corrected chi connectivity index (χ1v) is 12.4. The Labute approximate surface area is 234 Å². The molecule has 3 amide bonds. The lowest BCUT2D eigenvalue weighted by Gasteiger charge is -2.29. The van der Waals surface area contributed by atoms with E-state index in [1.165, 1.54) is 32.2 Å². The van der Waals surface area contributed by atoms with Crippen molar-refractivity contribution in [3.63, 3.8) is 0 Å². The second kappa shape index (κ2) is 11.4. The molecule has 3 heterocycles. The Hall–Kier alpha value is -3.93. The van der Waals surface area contributed by atoms with Crippen LogP contribution in [0.4, 0.5) is 31.1 Å². The molecule has 2 aromatic heterocycles. The van der Waals surface area contributed by atoms with Gasteiger partial charge in [-0.1, -0.05) is 11.2 Å². The van der Waals surface area contributed by atoms with E-state index in [1.54, 1.807) is 0 Å². The Morgan fingerprint density at radius 2 is 1.90 bits per heavy atom. The number of nitrogens with one attached hydrogen (secondary N) is 3. The number of alkyl halides is 6. The fourth-order valence-corrected chi connectivity index (χ4v) is 4.18. The van der Waals surface area contributed by atoms with Gasteiger partial charge in [0.1, 0.15) is 23.6 Å². The maximum Gasteiger partial charge on any atom is 0.416 e. The molecule has 3 atom stereocenters. The van der Waals surface area contributed by atoms with Gasteiger partial charge in [-0.2, -0.15) is 26.3 Å². The highest BCUT2D eigenvalue weighted by molar-refractivity contribution is 5.93. The second-order valence-corrected chi connectivity index (χ2v) is 10.1. The van der Waals surface area contributed by atoms with Crippen molar-refractivity contribution in [3.05, 3.63) is 41.0 Å². The molecule has 3 aromatic rings. The number of aromatic nitrogens is 4. The molecule has 18 heteroatoms. The maximum absolute atomic E-state index is 13.4. The highest BCUT2D eigenvalue weighted by Gasteiger charge is 2.50. The van der Waals surface area contributed by atoms with Gasteiger partial charge < -0.3 is 30.0 Å². The van der Waals surface area contributed by atoms with E-state index >= 15 is 0 Å². The van der Waals surface area contributed by atoms with Crippen LogP contribution in [0.3, 0.4) is 0 Å². The summed E-state index contributed by atoms with van der Waals surface area (Å²) in [5.74, 6) is -0.797. The minimum absolute atomic E-state index is 0.0157. The zero-order valence-electron chi connectivity index (χ0n) is 22.7. The first-order valence-electron chi connectivity index (χ1n) is 12.4. The smallest absolute Gasteiger partial charge is 0.382 e. The lowest BCUT2D eigenvalue weighted by atomic mass is 10.1. The molecule has 230 valence electrons. The largest absolute Gasteiger partial charge is 0.416 e. The number of carbonyl (C=O) groups excluding carboxylic acids is 2. The van der Waals surface area contributed by atoms with Gasteiger partial charge in [0, 0.05) is 7.11 Å². The van der Waals surface area contributed by atoms with Gasteiger partial charge in [-0.15, -0.1) is 0 Å². The van der Waals surface area contributed by atoms with Gasteiger partial charge in [-0.25, -0.2) is 14.4 Å². The van der Waals surface area contributed by atoms with Crippen molar-refractivity contribution in [1.82, 2.24) is 35.8 Å². The van der Waals surface area contributed by atoms with Crippen LogP contribution in [0.2, 0.25) is 0 Å². The predicted molar refractivity (Wildman–Crippen MR) is 131 cm³/mol. The molecular weight excluding hydrogens is 580 g/mol. The number of rotatable bonds is 10. The Kier molecular flexibility index (Phi) is 8.41. The minimum atomic E-state index is -4.72. The molecule has 1 aliphatic heterocycles. The molecule has 12 nitrogen and oxygen atoms in total. The Balaban J connectivity index is 1.65. The number of nitrogens with zero attached hydrogens (tertiary/aromatic N) is 4. The minimum Gasteiger partial charge on any atom is -0.382 e. The van der Waals surface area contributed by atoms with Gasteiger partial charge in [0.15, 0.2) is 11.3 Å². The third kappa shape index (κ3) is 6.43. The number of imidazole rings is 1. The summed E-state index contributed by atoms with van der Waals surface area (Å²) in [6.45, 7) is 1.68. The molecule has 0 unspecified atom stereocenters. The van der Waals surface area contributed by atoms with Gasteiger partial charge in [-0.3, -0.25) is 4.79 Å². The second-order valence-electron chi connectivity index (χ2n) is 10.1. The summed E-state index contributed by atoms with van der Waals surface area (Å²) in [4.78, 5) is 33.5. The van der Waals surface area contributed by atoms with Crippen LogP contribution in [-0.2, 0) is 9.47 Å². The van der Waals surface area contributed by atoms with Crippen molar-refractivity contribution < 1.29 is 50.0 Å². The summed E-state index contributed by atoms with van der Waals surface area (Å²) < 4.78 is 94.9. The van der Waals surface area contributed by atoms with Crippen LogP contribution in [0, 0.1) is 6.92 Å². The molecule has 1 fully saturated rings.